The summed E-state index contributed by atoms with van der Waals surface area (Å²) in [5.74, 6) is -0.249. The van der Waals surface area contributed by atoms with Gasteiger partial charge in [0.1, 0.15) is 0 Å². The first-order valence-corrected chi connectivity index (χ1v) is 12.1. The van der Waals surface area contributed by atoms with Crippen LogP contribution in [0.2, 0.25) is 0 Å². The highest BCUT2D eigenvalue weighted by Gasteiger charge is 2.22. The van der Waals surface area contributed by atoms with E-state index in [0.717, 1.165) is 17.7 Å². The van der Waals surface area contributed by atoms with Crippen LogP contribution in [0.5, 0.6) is 0 Å². The van der Waals surface area contributed by atoms with Gasteiger partial charge in [-0.3, -0.25) is 14.3 Å². The number of rotatable bonds is 6. The molecule has 33 heavy (non-hydrogen) atoms. The summed E-state index contributed by atoms with van der Waals surface area (Å²) in [4.78, 5) is 26.7. The Balaban J connectivity index is 1.50. The van der Waals surface area contributed by atoms with E-state index in [2.05, 4.69) is 10.0 Å². The van der Waals surface area contributed by atoms with Crippen LogP contribution >= 0.6 is 0 Å². The first-order valence-electron chi connectivity index (χ1n) is 10.7. The van der Waals surface area contributed by atoms with Crippen LogP contribution in [0.3, 0.4) is 0 Å². The van der Waals surface area contributed by atoms with E-state index < -0.39 is 10.0 Å². The minimum atomic E-state index is -3.79. The lowest BCUT2D eigenvalue weighted by Crippen LogP contribution is -2.23. The number of benzene rings is 3. The van der Waals surface area contributed by atoms with Gasteiger partial charge >= 0.3 is 0 Å². The van der Waals surface area contributed by atoms with Gasteiger partial charge in [-0.1, -0.05) is 23.8 Å². The summed E-state index contributed by atoms with van der Waals surface area (Å²) in [6.45, 7) is 4.29. The van der Waals surface area contributed by atoms with Crippen molar-refractivity contribution in [3.8, 4) is 0 Å². The summed E-state index contributed by atoms with van der Waals surface area (Å²) in [6, 6.07) is 18.6. The summed E-state index contributed by atoms with van der Waals surface area (Å²) in [5.41, 5.74) is 3.57. The molecular formula is C25H25N3O4S. The maximum absolute atomic E-state index is 12.9. The predicted octanol–water partition coefficient (Wildman–Crippen LogP) is 4.48. The van der Waals surface area contributed by atoms with Crippen molar-refractivity contribution in [2.75, 3.05) is 21.5 Å². The molecule has 1 aliphatic rings. The molecule has 1 heterocycles. The van der Waals surface area contributed by atoms with Gasteiger partial charge in [-0.25, -0.2) is 8.42 Å². The van der Waals surface area contributed by atoms with Crippen LogP contribution in [-0.4, -0.2) is 26.8 Å². The smallest absolute Gasteiger partial charge is 0.261 e. The maximum atomic E-state index is 12.9. The third-order valence-electron chi connectivity index (χ3n) is 5.66. The molecule has 0 bridgehead atoms. The number of nitrogens with zero attached hydrogens (tertiary/aromatic N) is 1. The zero-order valence-electron chi connectivity index (χ0n) is 18.5. The molecule has 0 saturated carbocycles. The third kappa shape index (κ3) is 4.90. The molecule has 8 heteroatoms. The summed E-state index contributed by atoms with van der Waals surface area (Å²) in [6.07, 6.45) is 1.41. The average molecular weight is 464 g/mol. The van der Waals surface area contributed by atoms with Gasteiger partial charge < -0.3 is 10.2 Å². The molecule has 0 aromatic heterocycles. The monoisotopic (exact) mass is 463 g/mol. The van der Waals surface area contributed by atoms with Crippen molar-refractivity contribution in [3.05, 3.63) is 83.4 Å². The number of sulfonamides is 1. The van der Waals surface area contributed by atoms with Gasteiger partial charge in [0.2, 0.25) is 5.91 Å². The Labute approximate surface area is 193 Å². The fourth-order valence-electron chi connectivity index (χ4n) is 3.76. The van der Waals surface area contributed by atoms with Gasteiger partial charge in [-0.2, -0.15) is 0 Å². The molecule has 2 amide bonds. The zero-order chi connectivity index (χ0) is 23.6. The molecule has 0 unspecified atom stereocenters. The Bertz CT molecular complexity index is 1300. The van der Waals surface area contributed by atoms with Crippen LogP contribution in [0.15, 0.2) is 71.6 Å². The highest BCUT2D eigenvalue weighted by molar-refractivity contribution is 7.92. The van der Waals surface area contributed by atoms with Crippen LogP contribution in [0, 0.1) is 13.8 Å². The van der Waals surface area contributed by atoms with Gasteiger partial charge in [0.15, 0.2) is 0 Å². The molecule has 2 N–H and O–H groups in total. The zero-order valence-corrected chi connectivity index (χ0v) is 19.3. The first kappa shape index (κ1) is 22.5. The lowest BCUT2D eigenvalue weighted by Gasteiger charge is -2.16. The van der Waals surface area contributed by atoms with Crippen LogP contribution in [-0.2, 0) is 14.8 Å². The summed E-state index contributed by atoms with van der Waals surface area (Å²) in [5, 5.41) is 2.84. The predicted molar refractivity (Wildman–Crippen MR) is 129 cm³/mol. The van der Waals surface area contributed by atoms with E-state index in [0.29, 0.717) is 35.5 Å². The summed E-state index contributed by atoms with van der Waals surface area (Å²) >= 11 is 0. The number of hydrogen-bond donors (Lipinski definition) is 2. The van der Waals surface area contributed by atoms with Gasteiger partial charge in [0.25, 0.3) is 15.9 Å². The van der Waals surface area contributed by atoms with Gasteiger partial charge in [-0.05, 0) is 74.4 Å². The molecule has 1 fully saturated rings. The molecule has 3 aromatic carbocycles. The van der Waals surface area contributed by atoms with Crippen molar-refractivity contribution in [1.82, 2.24) is 0 Å². The summed E-state index contributed by atoms with van der Waals surface area (Å²) in [7, 11) is -3.79. The second-order valence-electron chi connectivity index (χ2n) is 8.05. The number of carbonyl (C=O) groups excluding carboxylic acids is 2. The van der Waals surface area contributed by atoms with Gasteiger partial charge in [0, 0.05) is 29.9 Å². The highest BCUT2D eigenvalue weighted by atomic mass is 32.2. The molecule has 0 atom stereocenters. The standard InChI is InChI=1S/C25H25N3O4S/c1-17-8-14-21(15-9-17)33(31,32)27-23-6-3-5-22(18(23)2)25(30)26-19-10-12-20(13-11-19)28-16-4-7-24(28)29/h3,5-6,8-15,27H,4,7,16H2,1-2H3,(H,26,30). The van der Waals surface area contributed by atoms with Crippen molar-refractivity contribution in [2.45, 2.75) is 31.6 Å². The number of anilines is 3. The minimum absolute atomic E-state index is 0.104. The fourth-order valence-corrected chi connectivity index (χ4v) is 4.88. The Kier molecular flexibility index (Phi) is 6.20. The Morgan fingerprint density at radius 2 is 1.64 bits per heavy atom. The SMILES string of the molecule is Cc1ccc(S(=O)(=O)Nc2cccc(C(=O)Nc3ccc(N4CCCC4=O)cc3)c2C)cc1. The van der Waals surface area contributed by atoms with Crippen LogP contribution < -0.4 is 14.9 Å². The lowest BCUT2D eigenvalue weighted by atomic mass is 10.1. The van der Waals surface area contributed by atoms with E-state index in [1.54, 1.807) is 78.6 Å². The van der Waals surface area contributed by atoms with Crippen molar-refractivity contribution in [2.24, 2.45) is 0 Å². The molecule has 0 spiro atoms. The largest absolute Gasteiger partial charge is 0.322 e. The molecule has 0 radical (unpaired) electrons. The molecule has 4 rings (SSSR count). The van der Waals surface area contributed by atoms with E-state index in [1.165, 1.54) is 0 Å². The Morgan fingerprint density at radius 3 is 2.27 bits per heavy atom. The normalized spacial score (nSPS) is 13.8. The first-order chi connectivity index (χ1) is 15.7. The van der Waals surface area contributed by atoms with Crippen LogP contribution in [0.25, 0.3) is 0 Å². The van der Waals surface area contributed by atoms with E-state index in [4.69, 9.17) is 0 Å². The molecule has 1 aliphatic heterocycles. The second-order valence-corrected chi connectivity index (χ2v) is 9.73. The Hall–Kier alpha value is -3.65. The molecule has 1 saturated heterocycles. The van der Waals surface area contributed by atoms with Crippen molar-refractivity contribution >= 4 is 38.9 Å². The summed E-state index contributed by atoms with van der Waals surface area (Å²) < 4.78 is 28.1. The maximum Gasteiger partial charge on any atom is 0.261 e. The number of aryl methyl sites for hydroxylation is 1. The molecule has 170 valence electrons. The third-order valence-corrected chi connectivity index (χ3v) is 7.05. The van der Waals surface area contributed by atoms with Gasteiger partial charge in [0.05, 0.1) is 10.6 Å². The van der Waals surface area contributed by atoms with Gasteiger partial charge in [-0.15, -0.1) is 0 Å². The van der Waals surface area contributed by atoms with E-state index in [9.17, 15) is 18.0 Å². The fraction of sp³-hybridized carbons (Fsp3) is 0.200. The quantitative estimate of drug-likeness (QED) is 0.563. The van der Waals surface area contributed by atoms with E-state index in [1.807, 2.05) is 6.92 Å². The molecule has 7 nitrogen and oxygen atoms in total. The topological polar surface area (TPSA) is 95.6 Å². The minimum Gasteiger partial charge on any atom is -0.322 e. The van der Waals surface area contributed by atoms with E-state index in [-0.39, 0.29) is 16.7 Å². The number of amides is 2. The second kappa shape index (κ2) is 9.07. The van der Waals surface area contributed by atoms with Crippen molar-refractivity contribution in [3.63, 3.8) is 0 Å². The number of hydrogen-bond acceptors (Lipinski definition) is 4. The Morgan fingerprint density at radius 1 is 0.939 bits per heavy atom. The van der Waals surface area contributed by atoms with Crippen LogP contribution in [0.4, 0.5) is 17.1 Å². The average Bonchev–Trinajstić information content (AvgIpc) is 3.21. The number of carbonyl (C=O) groups is 2. The van der Waals surface area contributed by atoms with E-state index >= 15 is 0 Å². The van der Waals surface area contributed by atoms with Crippen LogP contribution in [0.1, 0.15) is 34.3 Å². The van der Waals surface area contributed by atoms with Crippen molar-refractivity contribution in [1.29, 1.82) is 0 Å². The lowest BCUT2D eigenvalue weighted by molar-refractivity contribution is -0.117. The molecular weight excluding hydrogens is 438 g/mol. The molecule has 3 aromatic rings. The van der Waals surface area contributed by atoms with Crippen molar-refractivity contribution < 1.29 is 18.0 Å². The molecule has 0 aliphatic carbocycles. The highest BCUT2D eigenvalue weighted by Crippen LogP contribution is 2.26. The number of nitrogens with one attached hydrogen (secondary N) is 2.